The van der Waals surface area contributed by atoms with Gasteiger partial charge < -0.3 is 15.3 Å². The molecule has 0 saturated carbocycles. The van der Waals surface area contributed by atoms with Crippen molar-refractivity contribution in [2.75, 3.05) is 11.9 Å². The molecule has 19 heavy (non-hydrogen) atoms. The van der Waals surface area contributed by atoms with Gasteiger partial charge in [-0.3, -0.25) is 4.79 Å². The van der Waals surface area contributed by atoms with Gasteiger partial charge in [-0.05, 0) is 25.0 Å². The first-order valence-electron chi connectivity index (χ1n) is 6.49. The summed E-state index contributed by atoms with van der Waals surface area (Å²) in [6.45, 7) is 0.676. The Kier molecular flexibility index (Phi) is 2.69. The van der Waals surface area contributed by atoms with E-state index in [4.69, 9.17) is 0 Å². The molecule has 2 N–H and O–H groups in total. The maximum absolute atomic E-state index is 12.0. The highest BCUT2D eigenvalue weighted by molar-refractivity contribution is 5.95. The Morgan fingerprint density at radius 2 is 2.11 bits per heavy atom. The Bertz CT molecular complexity index is 517. The van der Waals surface area contributed by atoms with Crippen molar-refractivity contribution >= 4 is 17.6 Å². The Morgan fingerprint density at radius 1 is 1.37 bits per heavy atom. The molecule has 1 aromatic carbocycles. The molecule has 2 saturated heterocycles. The predicted molar refractivity (Wildman–Crippen MR) is 69.8 cm³/mol. The average Bonchev–Trinajstić information content (AvgIpc) is 2.96. The highest BCUT2D eigenvalue weighted by Crippen LogP contribution is 2.39. The lowest BCUT2D eigenvalue weighted by atomic mass is 9.88. The topological polar surface area (TPSA) is 69.6 Å². The van der Waals surface area contributed by atoms with Crippen LogP contribution < -0.4 is 5.32 Å². The second kappa shape index (κ2) is 4.26. The number of fused-ring (bicyclic) bond motifs is 1. The summed E-state index contributed by atoms with van der Waals surface area (Å²) in [6, 6.07) is 8.99. The number of hydrogen-bond donors (Lipinski definition) is 2. The first-order chi connectivity index (χ1) is 9.13. The lowest BCUT2D eigenvalue weighted by Gasteiger charge is -2.32. The molecule has 2 fully saturated rings. The van der Waals surface area contributed by atoms with Crippen molar-refractivity contribution in [3.05, 3.63) is 30.3 Å². The van der Waals surface area contributed by atoms with Crippen LogP contribution >= 0.6 is 0 Å². The predicted octanol–water partition coefficient (Wildman–Crippen LogP) is 1.32. The Morgan fingerprint density at radius 3 is 2.79 bits per heavy atom. The monoisotopic (exact) mass is 260 g/mol. The van der Waals surface area contributed by atoms with Gasteiger partial charge in [0.2, 0.25) is 5.91 Å². The number of carboxylic acids is 1. The molecule has 3 rings (SSSR count). The third kappa shape index (κ3) is 1.77. The number of aliphatic carboxylic acids is 1. The van der Waals surface area contributed by atoms with Gasteiger partial charge in [0.05, 0.1) is 12.5 Å². The van der Waals surface area contributed by atoms with E-state index in [1.54, 1.807) is 4.90 Å². The van der Waals surface area contributed by atoms with E-state index in [-0.39, 0.29) is 18.4 Å². The molecule has 2 unspecified atom stereocenters. The first-order valence-corrected chi connectivity index (χ1v) is 6.49. The van der Waals surface area contributed by atoms with Gasteiger partial charge in [0.25, 0.3) is 0 Å². The van der Waals surface area contributed by atoms with E-state index in [9.17, 15) is 14.7 Å². The number of amides is 1. The number of hydrogen-bond acceptors (Lipinski definition) is 3. The van der Waals surface area contributed by atoms with E-state index in [1.807, 2.05) is 30.3 Å². The molecule has 0 aromatic heterocycles. The van der Waals surface area contributed by atoms with Gasteiger partial charge in [-0.2, -0.15) is 0 Å². The second-order valence-corrected chi connectivity index (χ2v) is 5.19. The van der Waals surface area contributed by atoms with Crippen LogP contribution in [0.25, 0.3) is 0 Å². The summed E-state index contributed by atoms with van der Waals surface area (Å²) in [6.07, 6.45) is 1.65. The lowest BCUT2D eigenvalue weighted by molar-refractivity contribution is -0.143. The summed E-state index contributed by atoms with van der Waals surface area (Å²) in [5.41, 5.74) is -0.443. The van der Waals surface area contributed by atoms with Crippen molar-refractivity contribution in [2.45, 2.75) is 30.8 Å². The van der Waals surface area contributed by atoms with Crippen molar-refractivity contribution in [3.63, 3.8) is 0 Å². The van der Waals surface area contributed by atoms with Crippen LogP contribution in [0.4, 0.5) is 5.69 Å². The summed E-state index contributed by atoms with van der Waals surface area (Å²) in [4.78, 5) is 25.5. The fraction of sp³-hybridized carbons (Fsp3) is 0.429. The van der Waals surface area contributed by atoms with Crippen LogP contribution in [0, 0.1) is 0 Å². The molecule has 2 heterocycles. The molecule has 0 aliphatic carbocycles. The van der Waals surface area contributed by atoms with Crippen LogP contribution in [-0.2, 0) is 9.59 Å². The molecule has 2 aliphatic rings. The van der Waals surface area contributed by atoms with Gasteiger partial charge in [0, 0.05) is 12.2 Å². The third-order valence-electron chi connectivity index (χ3n) is 4.09. The van der Waals surface area contributed by atoms with Gasteiger partial charge in [0.15, 0.2) is 5.54 Å². The summed E-state index contributed by atoms with van der Waals surface area (Å²) in [7, 11) is 0. The molecule has 0 radical (unpaired) electrons. The fourth-order valence-electron chi connectivity index (χ4n) is 3.21. The van der Waals surface area contributed by atoms with Crippen molar-refractivity contribution in [1.82, 2.24) is 4.90 Å². The van der Waals surface area contributed by atoms with Gasteiger partial charge in [0.1, 0.15) is 0 Å². The van der Waals surface area contributed by atoms with Crippen LogP contribution in [0.15, 0.2) is 30.3 Å². The number of nitrogens with zero attached hydrogens (tertiary/aromatic N) is 1. The summed E-state index contributed by atoms with van der Waals surface area (Å²) in [5, 5.41) is 12.7. The van der Waals surface area contributed by atoms with Crippen molar-refractivity contribution in [2.24, 2.45) is 0 Å². The van der Waals surface area contributed by atoms with Crippen LogP contribution in [0.5, 0.6) is 0 Å². The highest BCUT2D eigenvalue weighted by atomic mass is 16.4. The maximum Gasteiger partial charge on any atom is 0.332 e. The smallest absolute Gasteiger partial charge is 0.332 e. The summed E-state index contributed by atoms with van der Waals surface area (Å²) >= 11 is 0. The Hall–Kier alpha value is -2.04. The first kappa shape index (κ1) is 12.0. The average molecular weight is 260 g/mol. The number of carbonyl (C=O) groups is 2. The molecule has 1 aromatic rings. The quantitative estimate of drug-likeness (QED) is 0.860. The number of carbonyl (C=O) groups excluding carboxylic acids is 1. The Balaban J connectivity index is 1.96. The van der Waals surface area contributed by atoms with Crippen molar-refractivity contribution < 1.29 is 14.7 Å². The van der Waals surface area contributed by atoms with Crippen LogP contribution in [-0.4, -0.2) is 40.0 Å². The van der Waals surface area contributed by atoms with E-state index >= 15 is 0 Å². The number of rotatable bonds is 3. The van der Waals surface area contributed by atoms with Crippen LogP contribution in [0.1, 0.15) is 19.3 Å². The van der Waals surface area contributed by atoms with Gasteiger partial charge in [-0.1, -0.05) is 18.2 Å². The largest absolute Gasteiger partial charge is 0.479 e. The zero-order valence-corrected chi connectivity index (χ0v) is 10.5. The van der Waals surface area contributed by atoms with Crippen molar-refractivity contribution in [1.29, 1.82) is 0 Å². The minimum atomic E-state index is -1.19. The molecule has 1 amide bonds. The molecule has 5 nitrogen and oxygen atoms in total. The molecule has 2 atom stereocenters. The molecule has 5 heteroatoms. The highest BCUT2D eigenvalue weighted by Gasteiger charge is 2.58. The fourth-order valence-corrected chi connectivity index (χ4v) is 3.21. The number of benzene rings is 1. The van der Waals surface area contributed by atoms with E-state index < -0.39 is 11.5 Å². The minimum Gasteiger partial charge on any atom is -0.479 e. The van der Waals surface area contributed by atoms with E-state index in [0.29, 0.717) is 6.54 Å². The van der Waals surface area contributed by atoms with Crippen LogP contribution in [0.2, 0.25) is 0 Å². The molecular formula is C14H16N2O3. The molecule has 100 valence electrons. The minimum absolute atomic E-state index is 0.0297. The Labute approximate surface area is 111 Å². The number of carboxylic acid groups (broad SMARTS) is 1. The zero-order chi connectivity index (χ0) is 13.5. The van der Waals surface area contributed by atoms with Gasteiger partial charge in [-0.25, -0.2) is 4.79 Å². The standard InChI is InChI=1S/C14H16N2O3/c17-12-9-14(13(18)19,11-7-4-8-16(11)12)15-10-5-2-1-3-6-10/h1-3,5-6,11,15H,4,7-9H2,(H,18,19). The van der Waals surface area contributed by atoms with E-state index in [2.05, 4.69) is 5.32 Å². The molecule has 0 bridgehead atoms. The number of nitrogens with one attached hydrogen (secondary N) is 1. The SMILES string of the molecule is O=C1CC(Nc2ccccc2)(C(=O)O)C2CCCN12. The summed E-state index contributed by atoms with van der Waals surface area (Å²) < 4.78 is 0. The van der Waals surface area contributed by atoms with Crippen LogP contribution in [0.3, 0.4) is 0 Å². The van der Waals surface area contributed by atoms with Crippen molar-refractivity contribution in [3.8, 4) is 0 Å². The van der Waals surface area contributed by atoms with E-state index in [1.165, 1.54) is 0 Å². The third-order valence-corrected chi connectivity index (χ3v) is 4.09. The van der Waals surface area contributed by atoms with E-state index in [0.717, 1.165) is 18.5 Å². The molecule has 0 spiro atoms. The van der Waals surface area contributed by atoms with Gasteiger partial charge >= 0.3 is 5.97 Å². The lowest BCUT2D eigenvalue weighted by Crippen LogP contribution is -2.54. The second-order valence-electron chi connectivity index (χ2n) is 5.19. The molecule has 2 aliphatic heterocycles. The summed E-state index contributed by atoms with van der Waals surface area (Å²) in [5.74, 6) is -1.01. The number of para-hydroxylation sites is 1. The molecular weight excluding hydrogens is 244 g/mol. The zero-order valence-electron chi connectivity index (χ0n) is 10.5. The maximum atomic E-state index is 12.0. The number of anilines is 1. The van der Waals surface area contributed by atoms with Gasteiger partial charge in [-0.15, -0.1) is 0 Å². The normalized spacial score (nSPS) is 29.4.